The molecule has 1 aliphatic carbocycles. The lowest BCUT2D eigenvalue weighted by Crippen LogP contribution is -2.03. The number of rotatable bonds is 17. The van der Waals surface area contributed by atoms with Crippen LogP contribution in [-0.4, -0.2) is 16.6 Å². The van der Waals surface area contributed by atoms with Gasteiger partial charge in [-0.2, -0.15) is 4.39 Å². The summed E-state index contributed by atoms with van der Waals surface area (Å²) >= 11 is 0. The van der Waals surface area contributed by atoms with Crippen LogP contribution in [0.15, 0.2) is 24.5 Å². The molecule has 0 bridgehead atoms. The Morgan fingerprint density at radius 2 is 1.46 bits per heavy atom. The molecule has 1 aromatic carbocycles. The first-order valence-electron chi connectivity index (χ1n) is 14.1. The van der Waals surface area contributed by atoms with E-state index in [0.29, 0.717) is 6.61 Å². The number of hydrogen-bond donors (Lipinski definition) is 0. The van der Waals surface area contributed by atoms with Crippen LogP contribution in [0.2, 0.25) is 0 Å². The Labute approximate surface area is 211 Å². The molecule has 1 saturated carbocycles. The first kappa shape index (κ1) is 27.5. The summed E-state index contributed by atoms with van der Waals surface area (Å²) in [6.45, 7) is 2.62. The summed E-state index contributed by atoms with van der Waals surface area (Å²) in [5, 5.41) is 0. The largest absolute Gasteiger partial charge is 0.490 e. The van der Waals surface area contributed by atoms with Crippen LogP contribution < -0.4 is 4.74 Å². The van der Waals surface area contributed by atoms with E-state index in [1.165, 1.54) is 95.6 Å². The first-order chi connectivity index (χ1) is 17.2. The summed E-state index contributed by atoms with van der Waals surface area (Å²) in [5.74, 6) is -0.769. The molecule has 1 heterocycles. The van der Waals surface area contributed by atoms with E-state index < -0.39 is 11.6 Å². The van der Waals surface area contributed by atoms with Crippen LogP contribution in [0.4, 0.5) is 8.78 Å². The molecule has 194 valence electrons. The Hall–Kier alpha value is -2.04. The van der Waals surface area contributed by atoms with Crippen LogP contribution in [0.1, 0.15) is 115 Å². The fraction of sp³-hybridized carbons (Fsp3) is 0.667. The van der Waals surface area contributed by atoms with E-state index in [2.05, 4.69) is 16.9 Å². The molecule has 0 atom stereocenters. The highest BCUT2D eigenvalue weighted by Crippen LogP contribution is 2.30. The molecule has 3 rings (SSSR count). The molecule has 2 aromatic rings. The Morgan fingerprint density at radius 1 is 0.800 bits per heavy atom. The standard InChI is InChI=1S/C30H44F2N2O/c1-2-3-4-5-7-11-18-25-22-33-30(34-23-25)26-19-20-27(29(32)28(26)31)35-21-14-9-6-8-10-15-24-16-12-13-17-24/h19-20,22-24H,2-18,21H2,1H3. The van der Waals surface area contributed by atoms with Gasteiger partial charge in [0.15, 0.2) is 17.4 Å². The molecule has 0 saturated heterocycles. The highest BCUT2D eigenvalue weighted by molar-refractivity contribution is 5.57. The summed E-state index contributed by atoms with van der Waals surface area (Å²) in [5.41, 5.74) is 1.10. The van der Waals surface area contributed by atoms with Crippen molar-refractivity contribution < 1.29 is 13.5 Å². The molecule has 0 amide bonds. The Kier molecular flexibility index (Phi) is 12.5. The van der Waals surface area contributed by atoms with E-state index in [1.54, 1.807) is 12.4 Å². The van der Waals surface area contributed by atoms with Gasteiger partial charge in [-0.15, -0.1) is 0 Å². The van der Waals surface area contributed by atoms with Gasteiger partial charge in [0, 0.05) is 12.4 Å². The molecule has 0 spiro atoms. The lowest BCUT2D eigenvalue weighted by molar-refractivity contribution is 0.284. The number of ether oxygens (including phenoxy) is 1. The van der Waals surface area contributed by atoms with Gasteiger partial charge in [-0.3, -0.25) is 0 Å². The quantitative estimate of drug-likeness (QED) is 0.209. The molecule has 0 radical (unpaired) electrons. The number of unbranched alkanes of at least 4 members (excludes halogenated alkanes) is 9. The molecule has 1 aromatic heterocycles. The SMILES string of the molecule is CCCCCCCCc1cnc(-c2ccc(OCCCCCCCC3CCCC3)c(F)c2F)nc1. The highest BCUT2D eigenvalue weighted by Gasteiger charge is 2.18. The van der Waals surface area contributed by atoms with E-state index in [1.807, 2.05) is 0 Å². The Morgan fingerprint density at radius 3 is 2.20 bits per heavy atom. The molecule has 3 nitrogen and oxygen atoms in total. The minimum absolute atomic E-state index is 0.0350. The van der Waals surface area contributed by atoms with E-state index in [-0.39, 0.29) is 17.1 Å². The Balaban J connectivity index is 1.36. The van der Waals surface area contributed by atoms with E-state index >= 15 is 0 Å². The fourth-order valence-electron chi connectivity index (χ4n) is 5.09. The van der Waals surface area contributed by atoms with Crippen molar-refractivity contribution in [3.05, 3.63) is 41.7 Å². The zero-order valence-electron chi connectivity index (χ0n) is 21.7. The third-order valence-electron chi connectivity index (χ3n) is 7.30. The molecule has 0 unspecified atom stereocenters. The molecule has 35 heavy (non-hydrogen) atoms. The summed E-state index contributed by atoms with van der Waals surface area (Å²) in [6.07, 6.45) is 24.5. The van der Waals surface area contributed by atoms with Crippen LogP contribution in [0, 0.1) is 17.6 Å². The van der Waals surface area contributed by atoms with Crippen LogP contribution in [0.3, 0.4) is 0 Å². The van der Waals surface area contributed by atoms with Gasteiger partial charge in [0.2, 0.25) is 5.82 Å². The predicted molar refractivity (Wildman–Crippen MR) is 140 cm³/mol. The van der Waals surface area contributed by atoms with Gasteiger partial charge in [0.1, 0.15) is 0 Å². The number of aryl methyl sites for hydroxylation is 1. The lowest BCUT2D eigenvalue weighted by Gasteiger charge is -2.10. The fourth-order valence-corrected chi connectivity index (χ4v) is 5.09. The molecule has 5 heteroatoms. The summed E-state index contributed by atoms with van der Waals surface area (Å²) < 4.78 is 34.8. The van der Waals surface area contributed by atoms with Crippen molar-refractivity contribution in [3.8, 4) is 17.1 Å². The van der Waals surface area contributed by atoms with Gasteiger partial charge in [0.25, 0.3) is 0 Å². The van der Waals surface area contributed by atoms with E-state index in [9.17, 15) is 8.78 Å². The number of hydrogen-bond acceptors (Lipinski definition) is 3. The monoisotopic (exact) mass is 486 g/mol. The summed E-state index contributed by atoms with van der Waals surface area (Å²) in [7, 11) is 0. The smallest absolute Gasteiger partial charge is 0.201 e. The van der Waals surface area contributed by atoms with Crippen molar-refractivity contribution in [2.24, 2.45) is 5.92 Å². The van der Waals surface area contributed by atoms with E-state index in [4.69, 9.17) is 4.74 Å². The van der Waals surface area contributed by atoms with Gasteiger partial charge in [-0.05, 0) is 42.9 Å². The minimum atomic E-state index is -0.959. The molecule has 1 aliphatic rings. The van der Waals surface area contributed by atoms with Crippen molar-refractivity contribution in [1.82, 2.24) is 9.97 Å². The normalized spacial score (nSPS) is 14.0. The molecular weight excluding hydrogens is 442 g/mol. The second-order valence-electron chi connectivity index (χ2n) is 10.2. The number of aromatic nitrogens is 2. The van der Waals surface area contributed by atoms with Crippen molar-refractivity contribution in [1.29, 1.82) is 0 Å². The van der Waals surface area contributed by atoms with Gasteiger partial charge < -0.3 is 4.74 Å². The van der Waals surface area contributed by atoms with Crippen LogP contribution in [0.25, 0.3) is 11.4 Å². The van der Waals surface area contributed by atoms with Gasteiger partial charge in [0.05, 0.1) is 12.2 Å². The first-order valence-corrected chi connectivity index (χ1v) is 14.1. The van der Waals surface area contributed by atoms with Crippen molar-refractivity contribution >= 4 is 0 Å². The lowest BCUT2D eigenvalue weighted by atomic mass is 9.99. The Bertz CT molecular complexity index is 850. The van der Waals surface area contributed by atoms with Crippen LogP contribution >= 0.6 is 0 Å². The summed E-state index contributed by atoms with van der Waals surface area (Å²) in [6, 6.07) is 3.00. The predicted octanol–water partition coefficient (Wildman–Crippen LogP) is 9.23. The zero-order chi connectivity index (χ0) is 24.7. The van der Waals surface area contributed by atoms with E-state index in [0.717, 1.165) is 37.2 Å². The second-order valence-corrected chi connectivity index (χ2v) is 10.2. The van der Waals surface area contributed by atoms with Gasteiger partial charge in [-0.25, -0.2) is 14.4 Å². The van der Waals surface area contributed by atoms with Crippen LogP contribution in [0.5, 0.6) is 5.75 Å². The molecule has 0 aliphatic heterocycles. The molecule has 0 N–H and O–H groups in total. The maximum absolute atomic E-state index is 14.7. The average Bonchev–Trinajstić information content (AvgIpc) is 3.40. The topological polar surface area (TPSA) is 35.0 Å². The number of halogens is 2. The highest BCUT2D eigenvalue weighted by atomic mass is 19.2. The second kappa shape index (κ2) is 15.9. The molecule has 1 fully saturated rings. The summed E-state index contributed by atoms with van der Waals surface area (Å²) in [4.78, 5) is 8.57. The maximum Gasteiger partial charge on any atom is 0.201 e. The van der Waals surface area contributed by atoms with Crippen LogP contribution in [-0.2, 0) is 6.42 Å². The van der Waals surface area contributed by atoms with Crippen molar-refractivity contribution in [2.45, 2.75) is 116 Å². The molecular formula is C30H44F2N2O. The third-order valence-corrected chi connectivity index (χ3v) is 7.30. The van der Waals surface area contributed by atoms with Crippen molar-refractivity contribution in [3.63, 3.8) is 0 Å². The average molecular weight is 487 g/mol. The number of nitrogens with zero attached hydrogens (tertiary/aromatic N) is 2. The third kappa shape index (κ3) is 9.50. The number of benzene rings is 1. The van der Waals surface area contributed by atoms with Gasteiger partial charge >= 0.3 is 0 Å². The maximum atomic E-state index is 14.7. The van der Waals surface area contributed by atoms with Crippen molar-refractivity contribution in [2.75, 3.05) is 6.61 Å². The zero-order valence-corrected chi connectivity index (χ0v) is 21.7. The van der Waals surface area contributed by atoms with Gasteiger partial charge in [-0.1, -0.05) is 96.8 Å². The minimum Gasteiger partial charge on any atom is -0.490 e.